The molecular weight excluding hydrogens is 248 g/mol. The molecule has 2 rings (SSSR count). The highest BCUT2D eigenvalue weighted by Crippen LogP contribution is 2.14. The third-order valence-corrected chi connectivity index (χ3v) is 3.19. The topological polar surface area (TPSA) is 37.3 Å². The number of carbonyl (C=O) groups excluding carboxylic acids is 1. The number of aliphatic hydroxyl groups is 1. The maximum atomic E-state index is 12.0. The zero-order chi connectivity index (χ0) is 14.4. The van der Waals surface area contributed by atoms with E-state index in [1.807, 2.05) is 61.5 Å². The van der Waals surface area contributed by atoms with Crippen molar-refractivity contribution in [2.45, 2.75) is 19.4 Å². The standard InChI is InChI=1S/C18H18O2/c1-14(12-15-8-4-2-5-9-15)17(19)13-18(20)16-10-6-3-7-11-16/h2-12,17,19H,13H2,1H3/b14-12+. The summed E-state index contributed by atoms with van der Waals surface area (Å²) >= 11 is 0. The lowest BCUT2D eigenvalue weighted by molar-refractivity contribution is 0.0915. The molecule has 0 aliphatic rings. The van der Waals surface area contributed by atoms with Gasteiger partial charge >= 0.3 is 0 Å². The molecule has 102 valence electrons. The highest BCUT2D eigenvalue weighted by Gasteiger charge is 2.13. The maximum Gasteiger partial charge on any atom is 0.165 e. The molecule has 0 heterocycles. The van der Waals surface area contributed by atoms with Gasteiger partial charge in [-0.3, -0.25) is 4.79 Å². The lowest BCUT2D eigenvalue weighted by Crippen LogP contribution is -2.14. The highest BCUT2D eigenvalue weighted by molar-refractivity contribution is 5.96. The third-order valence-electron chi connectivity index (χ3n) is 3.19. The molecule has 1 N–H and O–H groups in total. The first kappa shape index (κ1) is 14.2. The fourth-order valence-corrected chi connectivity index (χ4v) is 1.99. The van der Waals surface area contributed by atoms with Gasteiger partial charge in [0.15, 0.2) is 5.78 Å². The van der Waals surface area contributed by atoms with Gasteiger partial charge in [-0.25, -0.2) is 0 Å². The number of carbonyl (C=O) groups is 1. The molecule has 0 amide bonds. The lowest BCUT2D eigenvalue weighted by atomic mass is 9.99. The summed E-state index contributed by atoms with van der Waals surface area (Å²) in [6, 6.07) is 18.8. The molecule has 20 heavy (non-hydrogen) atoms. The fraction of sp³-hybridized carbons (Fsp3) is 0.167. The summed E-state index contributed by atoms with van der Waals surface area (Å²) < 4.78 is 0. The van der Waals surface area contributed by atoms with Crippen LogP contribution >= 0.6 is 0 Å². The summed E-state index contributed by atoms with van der Waals surface area (Å²) in [6.07, 6.45) is 1.27. The highest BCUT2D eigenvalue weighted by atomic mass is 16.3. The van der Waals surface area contributed by atoms with E-state index in [0.717, 1.165) is 11.1 Å². The number of ketones is 1. The van der Waals surface area contributed by atoms with Gasteiger partial charge < -0.3 is 5.11 Å². The van der Waals surface area contributed by atoms with Crippen molar-refractivity contribution in [1.82, 2.24) is 0 Å². The largest absolute Gasteiger partial charge is 0.388 e. The Bertz CT molecular complexity index is 585. The van der Waals surface area contributed by atoms with Crippen molar-refractivity contribution >= 4 is 11.9 Å². The molecule has 0 spiro atoms. The van der Waals surface area contributed by atoms with Crippen LogP contribution in [-0.2, 0) is 0 Å². The van der Waals surface area contributed by atoms with Crippen LogP contribution in [-0.4, -0.2) is 17.0 Å². The molecule has 2 nitrogen and oxygen atoms in total. The fourth-order valence-electron chi connectivity index (χ4n) is 1.99. The van der Waals surface area contributed by atoms with Crippen LogP contribution in [0.25, 0.3) is 6.08 Å². The van der Waals surface area contributed by atoms with Crippen LogP contribution < -0.4 is 0 Å². The molecule has 1 atom stereocenters. The van der Waals surface area contributed by atoms with E-state index in [-0.39, 0.29) is 12.2 Å². The van der Waals surface area contributed by atoms with Crippen LogP contribution in [0, 0.1) is 0 Å². The molecule has 0 bridgehead atoms. The van der Waals surface area contributed by atoms with Crippen LogP contribution in [0.4, 0.5) is 0 Å². The Morgan fingerprint density at radius 1 is 1.05 bits per heavy atom. The summed E-state index contributed by atoms with van der Waals surface area (Å²) in [5, 5.41) is 10.1. The van der Waals surface area contributed by atoms with Crippen molar-refractivity contribution in [2.24, 2.45) is 0 Å². The van der Waals surface area contributed by atoms with E-state index >= 15 is 0 Å². The number of aliphatic hydroxyl groups excluding tert-OH is 1. The molecule has 0 aliphatic carbocycles. The number of rotatable bonds is 5. The molecule has 0 aromatic heterocycles. The number of benzene rings is 2. The van der Waals surface area contributed by atoms with Gasteiger partial charge in [-0.05, 0) is 18.1 Å². The Morgan fingerprint density at radius 2 is 1.60 bits per heavy atom. The minimum absolute atomic E-state index is 0.0427. The second kappa shape index (κ2) is 6.83. The average Bonchev–Trinajstić information content (AvgIpc) is 2.49. The molecule has 1 unspecified atom stereocenters. The SMILES string of the molecule is C/C(=C\c1ccccc1)C(O)CC(=O)c1ccccc1. The second-order valence-corrected chi connectivity index (χ2v) is 4.81. The molecular formula is C18H18O2. The molecule has 0 saturated carbocycles. The Kier molecular flexibility index (Phi) is 4.85. The van der Waals surface area contributed by atoms with Gasteiger partial charge in [0, 0.05) is 12.0 Å². The summed E-state index contributed by atoms with van der Waals surface area (Å²) in [6.45, 7) is 1.84. The zero-order valence-corrected chi connectivity index (χ0v) is 11.5. The van der Waals surface area contributed by atoms with Gasteiger partial charge in [-0.15, -0.1) is 0 Å². The van der Waals surface area contributed by atoms with Crippen molar-refractivity contribution in [3.05, 3.63) is 77.4 Å². The molecule has 2 aromatic carbocycles. The first-order valence-electron chi connectivity index (χ1n) is 6.66. The Balaban J connectivity index is 2.03. The van der Waals surface area contributed by atoms with Crippen LogP contribution in [0.2, 0.25) is 0 Å². The van der Waals surface area contributed by atoms with Crippen LogP contribution in [0.3, 0.4) is 0 Å². The van der Waals surface area contributed by atoms with E-state index < -0.39 is 6.10 Å². The van der Waals surface area contributed by atoms with E-state index in [9.17, 15) is 9.90 Å². The number of hydrogen-bond donors (Lipinski definition) is 1. The van der Waals surface area contributed by atoms with Crippen LogP contribution in [0.15, 0.2) is 66.2 Å². The molecule has 2 heteroatoms. The van der Waals surface area contributed by atoms with Gasteiger partial charge in [0.25, 0.3) is 0 Å². The number of hydrogen-bond acceptors (Lipinski definition) is 2. The molecule has 0 aliphatic heterocycles. The minimum Gasteiger partial charge on any atom is -0.388 e. The van der Waals surface area contributed by atoms with Gasteiger partial charge in [0.05, 0.1) is 6.10 Å². The van der Waals surface area contributed by atoms with Crippen molar-refractivity contribution in [3.63, 3.8) is 0 Å². The smallest absolute Gasteiger partial charge is 0.165 e. The third kappa shape index (κ3) is 3.90. The van der Waals surface area contributed by atoms with E-state index in [1.165, 1.54) is 0 Å². The van der Waals surface area contributed by atoms with Crippen molar-refractivity contribution in [2.75, 3.05) is 0 Å². The van der Waals surface area contributed by atoms with Crippen molar-refractivity contribution < 1.29 is 9.90 Å². The van der Waals surface area contributed by atoms with Gasteiger partial charge in [0.1, 0.15) is 0 Å². The number of Topliss-reactive ketones (excluding diaryl/α,β-unsaturated/α-hetero) is 1. The molecule has 0 saturated heterocycles. The Labute approximate surface area is 119 Å². The minimum atomic E-state index is -0.747. The van der Waals surface area contributed by atoms with E-state index in [1.54, 1.807) is 12.1 Å². The van der Waals surface area contributed by atoms with Gasteiger partial charge in [0.2, 0.25) is 0 Å². The van der Waals surface area contributed by atoms with E-state index in [4.69, 9.17) is 0 Å². The first-order chi connectivity index (χ1) is 9.66. The second-order valence-electron chi connectivity index (χ2n) is 4.81. The molecule has 0 fully saturated rings. The Morgan fingerprint density at radius 3 is 2.20 bits per heavy atom. The monoisotopic (exact) mass is 266 g/mol. The summed E-state index contributed by atoms with van der Waals surface area (Å²) in [5.41, 5.74) is 2.45. The summed E-state index contributed by atoms with van der Waals surface area (Å²) in [7, 11) is 0. The van der Waals surface area contributed by atoms with Crippen molar-refractivity contribution in [1.29, 1.82) is 0 Å². The zero-order valence-electron chi connectivity index (χ0n) is 11.5. The first-order valence-corrected chi connectivity index (χ1v) is 6.66. The Hall–Kier alpha value is -2.19. The summed E-state index contributed by atoms with van der Waals surface area (Å²) in [4.78, 5) is 12.0. The van der Waals surface area contributed by atoms with Gasteiger partial charge in [-0.2, -0.15) is 0 Å². The van der Waals surface area contributed by atoms with E-state index in [2.05, 4.69) is 0 Å². The van der Waals surface area contributed by atoms with Crippen LogP contribution in [0.1, 0.15) is 29.3 Å². The quantitative estimate of drug-likeness (QED) is 0.837. The average molecular weight is 266 g/mol. The molecule has 0 radical (unpaired) electrons. The normalized spacial score (nSPS) is 13.0. The summed E-state index contributed by atoms with van der Waals surface area (Å²) in [5.74, 6) is -0.0427. The predicted molar refractivity (Wildman–Crippen MR) is 81.5 cm³/mol. The predicted octanol–water partition coefficient (Wildman–Crippen LogP) is 3.72. The van der Waals surface area contributed by atoms with Gasteiger partial charge in [-0.1, -0.05) is 66.7 Å². The maximum absolute atomic E-state index is 12.0. The molecule has 2 aromatic rings. The van der Waals surface area contributed by atoms with E-state index in [0.29, 0.717) is 5.56 Å². The van der Waals surface area contributed by atoms with Crippen LogP contribution in [0.5, 0.6) is 0 Å². The van der Waals surface area contributed by atoms with Crippen molar-refractivity contribution in [3.8, 4) is 0 Å². The lowest BCUT2D eigenvalue weighted by Gasteiger charge is -2.11.